The van der Waals surface area contributed by atoms with Gasteiger partial charge < -0.3 is 20.1 Å². The van der Waals surface area contributed by atoms with Crippen LogP contribution in [-0.2, 0) is 6.18 Å². The molecule has 0 saturated carbocycles. The number of aromatic nitrogens is 1. The van der Waals surface area contributed by atoms with E-state index in [-0.39, 0.29) is 11.4 Å². The Morgan fingerprint density at radius 1 is 1.10 bits per heavy atom. The summed E-state index contributed by atoms with van der Waals surface area (Å²) in [5.74, 6) is -1.08. The van der Waals surface area contributed by atoms with Gasteiger partial charge in [0.15, 0.2) is 5.13 Å². The Bertz CT molecular complexity index is 1070. The first-order chi connectivity index (χ1) is 14.2. The second-order valence-corrected chi connectivity index (χ2v) is 6.73. The molecular formula is C19H15F4N3O3S. The zero-order valence-corrected chi connectivity index (χ0v) is 16.5. The maximum atomic E-state index is 13.4. The summed E-state index contributed by atoms with van der Waals surface area (Å²) in [4.78, 5) is 16.4. The van der Waals surface area contributed by atoms with E-state index in [1.54, 1.807) is 18.2 Å². The number of halogens is 4. The third-order valence-electron chi connectivity index (χ3n) is 3.92. The number of methoxy groups -OCH3 is 2. The Morgan fingerprint density at radius 3 is 2.53 bits per heavy atom. The average Bonchev–Trinajstić information content (AvgIpc) is 3.17. The van der Waals surface area contributed by atoms with Crippen LogP contribution in [0.2, 0.25) is 0 Å². The molecule has 0 bridgehead atoms. The van der Waals surface area contributed by atoms with Gasteiger partial charge in [-0.05, 0) is 30.3 Å². The SMILES string of the molecule is COc1ccc(Nc2nc(C(=O)Nc3ccc(F)c(C(F)(F)F)c3)cs2)c(OC)c1. The molecule has 3 aromatic rings. The highest BCUT2D eigenvalue weighted by molar-refractivity contribution is 7.14. The molecule has 6 nitrogen and oxygen atoms in total. The molecule has 11 heteroatoms. The second-order valence-electron chi connectivity index (χ2n) is 5.88. The highest BCUT2D eigenvalue weighted by atomic mass is 32.1. The molecular weight excluding hydrogens is 426 g/mol. The van der Waals surface area contributed by atoms with Crippen molar-refractivity contribution in [3.05, 3.63) is 58.9 Å². The number of thiazole rings is 1. The Labute approximate surface area is 172 Å². The quantitative estimate of drug-likeness (QED) is 0.507. The Morgan fingerprint density at radius 2 is 1.87 bits per heavy atom. The van der Waals surface area contributed by atoms with Crippen LogP contribution in [0.5, 0.6) is 11.5 Å². The minimum absolute atomic E-state index is 0.0205. The largest absolute Gasteiger partial charge is 0.497 e. The predicted molar refractivity (Wildman–Crippen MR) is 104 cm³/mol. The fraction of sp³-hybridized carbons (Fsp3) is 0.158. The van der Waals surface area contributed by atoms with Crippen LogP contribution in [0, 0.1) is 5.82 Å². The number of carbonyl (C=O) groups is 1. The molecule has 1 heterocycles. The number of rotatable bonds is 6. The highest BCUT2D eigenvalue weighted by Gasteiger charge is 2.34. The zero-order chi connectivity index (χ0) is 21.9. The zero-order valence-electron chi connectivity index (χ0n) is 15.6. The molecule has 0 saturated heterocycles. The van der Waals surface area contributed by atoms with Gasteiger partial charge in [0.1, 0.15) is 23.0 Å². The van der Waals surface area contributed by atoms with E-state index in [2.05, 4.69) is 15.6 Å². The summed E-state index contributed by atoms with van der Waals surface area (Å²) in [5, 5.41) is 7.07. The average molecular weight is 441 g/mol. The van der Waals surface area contributed by atoms with Gasteiger partial charge in [0.25, 0.3) is 5.91 Å². The molecule has 2 aromatic carbocycles. The van der Waals surface area contributed by atoms with Crippen molar-refractivity contribution in [1.82, 2.24) is 4.98 Å². The number of ether oxygens (including phenoxy) is 2. The maximum absolute atomic E-state index is 13.4. The van der Waals surface area contributed by atoms with E-state index < -0.39 is 23.5 Å². The number of anilines is 3. The molecule has 0 aliphatic carbocycles. The van der Waals surface area contributed by atoms with Crippen LogP contribution in [0.4, 0.5) is 34.1 Å². The predicted octanol–water partition coefficient (Wildman–Crippen LogP) is 5.31. The van der Waals surface area contributed by atoms with Gasteiger partial charge in [0, 0.05) is 17.1 Å². The van der Waals surface area contributed by atoms with Crippen molar-refractivity contribution in [3.8, 4) is 11.5 Å². The lowest BCUT2D eigenvalue weighted by atomic mass is 10.2. The first-order valence-electron chi connectivity index (χ1n) is 8.34. The number of nitrogens with zero attached hydrogens (tertiary/aromatic N) is 1. The summed E-state index contributed by atoms with van der Waals surface area (Å²) in [7, 11) is 3.00. The van der Waals surface area contributed by atoms with E-state index in [0.29, 0.717) is 34.5 Å². The van der Waals surface area contributed by atoms with Gasteiger partial charge in [-0.2, -0.15) is 13.2 Å². The van der Waals surface area contributed by atoms with Crippen LogP contribution in [0.1, 0.15) is 16.1 Å². The van der Waals surface area contributed by atoms with E-state index in [1.165, 1.54) is 19.6 Å². The van der Waals surface area contributed by atoms with Crippen LogP contribution < -0.4 is 20.1 Å². The topological polar surface area (TPSA) is 72.5 Å². The maximum Gasteiger partial charge on any atom is 0.419 e. The third-order valence-corrected chi connectivity index (χ3v) is 4.67. The molecule has 30 heavy (non-hydrogen) atoms. The van der Waals surface area contributed by atoms with Crippen LogP contribution in [0.3, 0.4) is 0 Å². The lowest BCUT2D eigenvalue weighted by molar-refractivity contribution is -0.139. The molecule has 2 N–H and O–H groups in total. The molecule has 1 amide bonds. The number of nitrogens with one attached hydrogen (secondary N) is 2. The molecule has 0 radical (unpaired) electrons. The lowest BCUT2D eigenvalue weighted by Crippen LogP contribution is -2.14. The highest BCUT2D eigenvalue weighted by Crippen LogP contribution is 2.34. The van der Waals surface area contributed by atoms with Crippen molar-refractivity contribution in [2.24, 2.45) is 0 Å². The number of alkyl halides is 3. The van der Waals surface area contributed by atoms with Gasteiger partial charge in [0.05, 0.1) is 25.5 Å². The summed E-state index contributed by atoms with van der Waals surface area (Å²) in [6, 6.07) is 7.28. The molecule has 0 unspecified atom stereocenters. The molecule has 0 atom stereocenters. The number of hydrogen-bond acceptors (Lipinski definition) is 6. The van der Waals surface area contributed by atoms with E-state index in [9.17, 15) is 22.4 Å². The van der Waals surface area contributed by atoms with Crippen LogP contribution in [-0.4, -0.2) is 25.1 Å². The minimum atomic E-state index is -4.88. The molecule has 3 rings (SSSR count). The smallest absolute Gasteiger partial charge is 0.419 e. The Balaban J connectivity index is 1.75. The second kappa shape index (κ2) is 8.57. The summed E-state index contributed by atoms with van der Waals surface area (Å²) >= 11 is 1.11. The van der Waals surface area contributed by atoms with Crippen molar-refractivity contribution in [2.75, 3.05) is 24.9 Å². The first kappa shape index (κ1) is 21.4. The van der Waals surface area contributed by atoms with Gasteiger partial charge in [-0.1, -0.05) is 0 Å². The van der Waals surface area contributed by atoms with Gasteiger partial charge in [-0.25, -0.2) is 9.37 Å². The third kappa shape index (κ3) is 4.79. The Kier molecular flexibility index (Phi) is 6.11. The molecule has 0 aliphatic rings. The van der Waals surface area contributed by atoms with E-state index in [1.807, 2.05) is 0 Å². The number of benzene rings is 2. The van der Waals surface area contributed by atoms with Crippen LogP contribution in [0.25, 0.3) is 0 Å². The van der Waals surface area contributed by atoms with Gasteiger partial charge in [-0.3, -0.25) is 4.79 Å². The van der Waals surface area contributed by atoms with Gasteiger partial charge >= 0.3 is 6.18 Å². The summed E-state index contributed by atoms with van der Waals surface area (Å²) < 4.78 is 62.2. The van der Waals surface area contributed by atoms with Crippen molar-refractivity contribution < 1.29 is 31.8 Å². The van der Waals surface area contributed by atoms with Crippen LogP contribution in [0.15, 0.2) is 41.8 Å². The Hall–Kier alpha value is -3.34. The minimum Gasteiger partial charge on any atom is -0.497 e. The molecule has 158 valence electrons. The summed E-state index contributed by atoms with van der Waals surface area (Å²) in [6.45, 7) is 0. The fourth-order valence-electron chi connectivity index (χ4n) is 2.47. The fourth-order valence-corrected chi connectivity index (χ4v) is 3.17. The normalized spacial score (nSPS) is 11.1. The standard InChI is InChI=1S/C19H15F4N3O3S/c1-28-11-4-6-14(16(8-11)29-2)25-18-26-15(9-30-18)17(27)24-10-3-5-13(20)12(7-10)19(21,22)23/h3-9H,1-2H3,(H,24,27)(H,25,26). The van der Waals surface area contributed by atoms with Crippen molar-refractivity contribution in [1.29, 1.82) is 0 Å². The number of carbonyl (C=O) groups excluding carboxylic acids is 1. The molecule has 0 aliphatic heterocycles. The number of amides is 1. The van der Waals surface area contributed by atoms with Gasteiger partial charge in [-0.15, -0.1) is 11.3 Å². The van der Waals surface area contributed by atoms with Crippen molar-refractivity contribution >= 4 is 33.8 Å². The van der Waals surface area contributed by atoms with Crippen LogP contribution >= 0.6 is 11.3 Å². The monoisotopic (exact) mass is 441 g/mol. The number of hydrogen-bond donors (Lipinski definition) is 2. The molecule has 0 fully saturated rings. The van der Waals surface area contributed by atoms with Crippen molar-refractivity contribution in [3.63, 3.8) is 0 Å². The van der Waals surface area contributed by atoms with E-state index >= 15 is 0 Å². The molecule has 0 spiro atoms. The molecule has 1 aromatic heterocycles. The van der Waals surface area contributed by atoms with E-state index in [4.69, 9.17) is 9.47 Å². The van der Waals surface area contributed by atoms with Crippen molar-refractivity contribution in [2.45, 2.75) is 6.18 Å². The summed E-state index contributed by atoms with van der Waals surface area (Å²) in [5.41, 5.74) is -1.11. The van der Waals surface area contributed by atoms with E-state index in [0.717, 1.165) is 17.4 Å². The summed E-state index contributed by atoms with van der Waals surface area (Å²) in [6.07, 6.45) is -4.88. The van der Waals surface area contributed by atoms with Gasteiger partial charge in [0.2, 0.25) is 0 Å². The lowest BCUT2D eigenvalue weighted by Gasteiger charge is -2.11. The first-order valence-corrected chi connectivity index (χ1v) is 9.22.